The SMILES string of the molecule is O=C(O)C(CCc1ccccc1S)Cc1ccccc1. The van der Waals surface area contributed by atoms with Crippen molar-refractivity contribution in [2.24, 2.45) is 5.92 Å². The van der Waals surface area contributed by atoms with Gasteiger partial charge in [-0.05, 0) is 36.5 Å². The second kappa shape index (κ2) is 7.15. The van der Waals surface area contributed by atoms with E-state index in [2.05, 4.69) is 12.6 Å². The summed E-state index contributed by atoms with van der Waals surface area (Å²) in [5.41, 5.74) is 2.18. The van der Waals surface area contributed by atoms with Crippen molar-refractivity contribution in [1.82, 2.24) is 0 Å². The van der Waals surface area contributed by atoms with Gasteiger partial charge in [0.05, 0.1) is 5.92 Å². The van der Waals surface area contributed by atoms with Crippen molar-refractivity contribution in [2.75, 3.05) is 0 Å². The molecule has 0 saturated carbocycles. The van der Waals surface area contributed by atoms with Gasteiger partial charge in [0.25, 0.3) is 0 Å². The van der Waals surface area contributed by atoms with E-state index in [1.807, 2.05) is 54.6 Å². The summed E-state index contributed by atoms with van der Waals surface area (Å²) < 4.78 is 0. The van der Waals surface area contributed by atoms with Crippen LogP contribution < -0.4 is 0 Å². The minimum atomic E-state index is -0.731. The standard InChI is InChI=1S/C17H18O2S/c18-17(19)15(12-13-6-2-1-3-7-13)11-10-14-8-4-5-9-16(14)20/h1-9,15,20H,10-12H2,(H,18,19). The first-order chi connectivity index (χ1) is 9.66. The summed E-state index contributed by atoms with van der Waals surface area (Å²) >= 11 is 4.40. The lowest BCUT2D eigenvalue weighted by atomic mass is 9.93. The van der Waals surface area contributed by atoms with E-state index >= 15 is 0 Å². The molecule has 0 bridgehead atoms. The first kappa shape index (κ1) is 14.7. The Morgan fingerprint density at radius 1 is 1.05 bits per heavy atom. The van der Waals surface area contributed by atoms with Crippen LogP contribution >= 0.6 is 12.6 Å². The molecule has 0 amide bonds. The smallest absolute Gasteiger partial charge is 0.306 e. The molecule has 1 atom stereocenters. The summed E-state index contributed by atoms with van der Waals surface area (Å²) in [5.74, 6) is -1.09. The molecule has 0 aliphatic carbocycles. The van der Waals surface area contributed by atoms with Gasteiger partial charge in [0.1, 0.15) is 0 Å². The minimum Gasteiger partial charge on any atom is -0.481 e. The van der Waals surface area contributed by atoms with Crippen LogP contribution in [0.1, 0.15) is 17.5 Å². The van der Waals surface area contributed by atoms with Crippen LogP contribution in [-0.2, 0) is 17.6 Å². The van der Waals surface area contributed by atoms with Crippen LogP contribution in [-0.4, -0.2) is 11.1 Å². The van der Waals surface area contributed by atoms with Crippen LogP contribution in [0.2, 0.25) is 0 Å². The normalized spacial score (nSPS) is 12.1. The maximum Gasteiger partial charge on any atom is 0.306 e. The number of aryl methyl sites for hydroxylation is 1. The molecule has 2 aromatic rings. The summed E-state index contributed by atoms with van der Waals surface area (Å²) in [6, 6.07) is 17.6. The summed E-state index contributed by atoms with van der Waals surface area (Å²) in [5, 5.41) is 9.36. The highest BCUT2D eigenvalue weighted by molar-refractivity contribution is 7.80. The Kier molecular flexibility index (Phi) is 5.24. The average Bonchev–Trinajstić information content (AvgIpc) is 2.46. The Morgan fingerprint density at radius 3 is 2.35 bits per heavy atom. The van der Waals surface area contributed by atoms with Gasteiger partial charge < -0.3 is 5.11 Å². The van der Waals surface area contributed by atoms with E-state index in [0.717, 1.165) is 22.4 Å². The lowest BCUT2D eigenvalue weighted by molar-refractivity contribution is -0.141. The maximum absolute atomic E-state index is 11.4. The van der Waals surface area contributed by atoms with E-state index in [1.165, 1.54) is 0 Å². The Balaban J connectivity index is 2.00. The minimum absolute atomic E-state index is 0.356. The van der Waals surface area contributed by atoms with E-state index in [0.29, 0.717) is 12.8 Å². The summed E-state index contributed by atoms with van der Waals surface area (Å²) in [4.78, 5) is 12.3. The number of carbonyl (C=O) groups is 1. The molecule has 2 rings (SSSR count). The molecule has 0 spiro atoms. The van der Waals surface area contributed by atoms with Gasteiger partial charge in [0, 0.05) is 4.90 Å². The highest BCUT2D eigenvalue weighted by Crippen LogP contribution is 2.20. The first-order valence-electron chi connectivity index (χ1n) is 6.70. The molecule has 0 aliphatic heterocycles. The van der Waals surface area contributed by atoms with Crippen LogP contribution in [0.15, 0.2) is 59.5 Å². The highest BCUT2D eigenvalue weighted by atomic mass is 32.1. The Bertz CT molecular complexity index is 566. The first-order valence-corrected chi connectivity index (χ1v) is 7.15. The third kappa shape index (κ3) is 4.14. The zero-order valence-electron chi connectivity index (χ0n) is 11.2. The molecule has 2 nitrogen and oxygen atoms in total. The van der Waals surface area contributed by atoms with E-state index in [4.69, 9.17) is 0 Å². The fourth-order valence-corrected chi connectivity index (χ4v) is 2.54. The molecule has 0 aromatic heterocycles. The molecular formula is C17H18O2S. The highest BCUT2D eigenvalue weighted by Gasteiger charge is 2.18. The number of rotatable bonds is 6. The Morgan fingerprint density at radius 2 is 1.70 bits per heavy atom. The molecule has 1 unspecified atom stereocenters. The second-order valence-corrected chi connectivity index (χ2v) is 5.37. The zero-order chi connectivity index (χ0) is 14.4. The predicted octanol–water partition coefficient (Wildman–Crippen LogP) is 3.85. The van der Waals surface area contributed by atoms with Crippen LogP contribution in [0.3, 0.4) is 0 Å². The molecule has 0 heterocycles. The molecule has 0 saturated heterocycles. The van der Waals surface area contributed by atoms with Gasteiger partial charge in [-0.1, -0.05) is 48.5 Å². The third-order valence-corrected chi connectivity index (χ3v) is 3.86. The second-order valence-electron chi connectivity index (χ2n) is 4.89. The molecule has 1 N–H and O–H groups in total. The fraction of sp³-hybridized carbons (Fsp3) is 0.235. The summed E-state index contributed by atoms with van der Waals surface area (Å²) in [6.07, 6.45) is 1.94. The van der Waals surface area contributed by atoms with Crippen LogP contribution in [0.25, 0.3) is 0 Å². The van der Waals surface area contributed by atoms with Crippen molar-refractivity contribution < 1.29 is 9.90 Å². The molecule has 3 heteroatoms. The van der Waals surface area contributed by atoms with Crippen LogP contribution in [0.5, 0.6) is 0 Å². The van der Waals surface area contributed by atoms with E-state index in [1.54, 1.807) is 0 Å². The van der Waals surface area contributed by atoms with Gasteiger partial charge in [0.2, 0.25) is 0 Å². The number of thiol groups is 1. The molecule has 0 fully saturated rings. The van der Waals surface area contributed by atoms with Crippen molar-refractivity contribution in [3.05, 3.63) is 65.7 Å². The molecule has 0 aliphatic rings. The Hall–Kier alpha value is -1.74. The van der Waals surface area contributed by atoms with Crippen molar-refractivity contribution in [2.45, 2.75) is 24.2 Å². The number of aliphatic carboxylic acids is 1. The van der Waals surface area contributed by atoms with Crippen molar-refractivity contribution in [1.29, 1.82) is 0 Å². The van der Waals surface area contributed by atoms with Gasteiger partial charge in [-0.2, -0.15) is 0 Å². The lowest BCUT2D eigenvalue weighted by Gasteiger charge is -2.13. The quantitative estimate of drug-likeness (QED) is 0.791. The van der Waals surface area contributed by atoms with Crippen molar-refractivity contribution in [3.63, 3.8) is 0 Å². The number of benzene rings is 2. The monoisotopic (exact) mass is 286 g/mol. The van der Waals surface area contributed by atoms with Gasteiger partial charge >= 0.3 is 5.97 Å². The van der Waals surface area contributed by atoms with Crippen molar-refractivity contribution in [3.8, 4) is 0 Å². The lowest BCUT2D eigenvalue weighted by Crippen LogP contribution is -2.17. The number of hydrogen-bond acceptors (Lipinski definition) is 2. The fourth-order valence-electron chi connectivity index (χ4n) is 2.26. The average molecular weight is 286 g/mol. The number of carboxylic acid groups (broad SMARTS) is 1. The van der Waals surface area contributed by atoms with Gasteiger partial charge in [0.15, 0.2) is 0 Å². The molecule has 104 valence electrons. The van der Waals surface area contributed by atoms with Crippen LogP contribution in [0, 0.1) is 5.92 Å². The number of hydrogen-bond donors (Lipinski definition) is 2. The molecular weight excluding hydrogens is 268 g/mol. The summed E-state index contributed by atoms with van der Waals surface area (Å²) in [7, 11) is 0. The topological polar surface area (TPSA) is 37.3 Å². The van der Waals surface area contributed by atoms with E-state index in [-0.39, 0.29) is 5.92 Å². The summed E-state index contributed by atoms with van der Waals surface area (Å²) in [6.45, 7) is 0. The Labute approximate surface area is 124 Å². The van der Waals surface area contributed by atoms with Gasteiger partial charge in [-0.25, -0.2) is 0 Å². The molecule has 0 radical (unpaired) electrons. The van der Waals surface area contributed by atoms with Crippen LogP contribution in [0.4, 0.5) is 0 Å². The van der Waals surface area contributed by atoms with E-state index in [9.17, 15) is 9.90 Å². The molecule has 20 heavy (non-hydrogen) atoms. The maximum atomic E-state index is 11.4. The van der Waals surface area contributed by atoms with Gasteiger partial charge in [-0.3, -0.25) is 4.79 Å². The third-order valence-electron chi connectivity index (χ3n) is 3.43. The van der Waals surface area contributed by atoms with Gasteiger partial charge in [-0.15, -0.1) is 12.6 Å². The number of carboxylic acids is 1. The predicted molar refractivity (Wildman–Crippen MR) is 83.3 cm³/mol. The zero-order valence-corrected chi connectivity index (χ0v) is 12.1. The molecule has 2 aromatic carbocycles. The van der Waals surface area contributed by atoms with E-state index < -0.39 is 5.97 Å². The van der Waals surface area contributed by atoms with Crippen molar-refractivity contribution >= 4 is 18.6 Å². The largest absolute Gasteiger partial charge is 0.481 e.